The highest BCUT2D eigenvalue weighted by molar-refractivity contribution is 7.25. The standard InChI is InChI=1S/C56H34N6S/c1-3-12-35(13-4-1)48-33-55(60-56(59-48)36-14-5-2-6-15-36)62-50-21-10-8-17-41(50)43-30-37(23-26-51(43)62)46-18-11-19-47(58-46)38-22-25-42-40-16-7-9-20-49(40)61(52(42)31-38)39-24-27-53-44(32-39)45-34-57-29-28-54(45)63-53/h1-34H. The van der Waals surface area contributed by atoms with Crippen LogP contribution in [0.2, 0.25) is 0 Å². The van der Waals surface area contributed by atoms with Gasteiger partial charge in [0.1, 0.15) is 5.82 Å². The van der Waals surface area contributed by atoms with E-state index in [0.717, 1.165) is 78.2 Å². The lowest BCUT2D eigenvalue weighted by Crippen LogP contribution is -2.02. The summed E-state index contributed by atoms with van der Waals surface area (Å²) in [7, 11) is 0. The molecule has 6 heterocycles. The number of hydrogen-bond donors (Lipinski definition) is 0. The molecule has 0 aliphatic heterocycles. The molecule has 0 spiro atoms. The van der Waals surface area contributed by atoms with Gasteiger partial charge in [-0.1, -0.05) is 121 Å². The van der Waals surface area contributed by atoms with Crippen molar-refractivity contribution in [2.75, 3.05) is 0 Å². The smallest absolute Gasteiger partial charge is 0.162 e. The largest absolute Gasteiger partial charge is 0.309 e. The second-order valence-electron chi connectivity index (χ2n) is 15.9. The Morgan fingerprint density at radius 2 is 1.00 bits per heavy atom. The molecule has 0 aliphatic rings. The molecule has 0 saturated carbocycles. The van der Waals surface area contributed by atoms with Crippen molar-refractivity contribution in [1.82, 2.24) is 29.1 Å². The maximum atomic E-state index is 5.34. The Hall–Kier alpha value is -8.26. The zero-order chi connectivity index (χ0) is 41.4. The molecular formula is C56H34N6S. The number of benzene rings is 7. The molecule has 7 aromatic carbocycles. The van der Waals surface area contributed by atoms with Crippen LogP contribution >= 0.6 is 11.3 Å². The lowest BCUT2D eigenvalue weighted by molar-refractivity contribution is 1.05. The Bertz CT molecular complexity index is 3860. The fourth-order valence-electron chi connectivity index (χ4n) is 9.31. The van der Waals surface area contributed by atoms with Crippen molar-refractivity contribution in [2.24, 2.45) is 0 Å². The zero-order valence-corrected chi connectivity index (χ0v) is 34.5. The molecule has 0 atom stereocenters. The van der Waals surface area contributed by atoms with E-state index in [2.05, 4.69) is 184 Å². The van der Waals surface area contributed by atoms with Crippen LogP contribution in [0.5, 0.6) is 0 Å². The maximum absolute atomic E-state index is 5.34. The lowest BCUT2D eigenvalue weighted by atomic mass is 10.0. The molecule has 0 bridgehead atoms. The number of nitrogens with zero attached hydrogens (tertiary/aromatic N) is 6. The number of fused-ring (bicyclic) bond motifs is 9. The van der Waals surface area contributed by atoms with Crippen molar-refractivity contribution in [2.45, 2.75) is 0 Å². The summed E-state index contributed by atoms with van der Waals surface area (Å²) in [6, 6.07) is 68.6. The molecule has 13 rings (SSSR count). The van der Waals surface area contributed by atoms with Crippen molar-refractivity contribution in [3.05, 3.63) is 207 Å². The van der Waals surface area contributed by atoms with E-state index in [4.69, 9.17) is 15.0 Å². The van der Waals surface area contributed by atoms with Crippen molar-refractivity contribution in [3.63, 3.8) is 0 Å². The second kappa shape index (κ2) is 14.2. The number of aromatic nitrogens is 6. The van der Waals surface area contributed by atoms with Gasteiger partial charge in [-0.05, 0) is 66.7 Å². The van der Waals surface area contributed by atoms with E-state index in [1.807, 2.05) is 48.0 Å². The van der Waals surface area contributed by atoms with Crippen LogP contribution in [0.3, 0.4) is 0 Å². The van der Waals surface area contributed by atoms with E-state index < -0.39 is 0 Å². The third kappa shape index (κ3) is 5.78. The fraction of sp³-hybridized carbons (Fsp3) is 0. The molecule has 13 aromatic rings. The second-order valence-corrected chi connectivity index (χ2v) is 17.0. The normalized spacial score (nSPS) is 11.8. The van der Waals surface area contributed by atoms with E-state index in [1.165, 1.54) is 36.5 Å². The fourth-order valence-corrected chi connectivity index (χ4v) is 10.4. The van der Waals surface area contributed by atoms with Gasteiger partial charge in [0.05, 0.1) is 39.1 Å². The summed E-state index contributed by atoms with van der Waals surface area (Å²) in [6.07, 6.45) is 3.86. The van der Waals surface area contributed by atoms with Gasteiger partial charge in [-0.15, -0.1) is 11.3 Å². The summed E-state index contributed by atoms with van der Waals surface area (Å²) in [5.74, 6) is 1.50. The molecular weight excluding hydrogens is 789 g/mol. The van der Waals surface area contributed by atoms with Crippen LogP contribution in [0.25, 0.3) is 120 Å². The van der Waals surface area contributed by atoms with Gasteiger partial charge in [0, 0.05) is 88.1 Å². The Labute approximate surface area is 365 Å². The van der Waals surface area contributed by atoms with Crippen molar-refractivity contribution in [3.8, 4) is 56.7 Å². The summed E-state index contributed by atoms with van der Waals surface area (Å²) < 4.78 is 7.17. The van der Waals surface area contributed by atoms with Gasteiger partial charge in [-0.25, -0.2) is 15.0 Å². The third-order valence-electron chi connectivity index (χ3n) is 12.2. The van der Waals surface area contributed by atoms with E-state index in [9.17, 15) is 0 Å². The Morgan fingerprint density at radius 3 is 1.81 bits per heavy atom. The lowest BCUT2D eigenvalue weighted by Gasteiger charge is -2.12. The third-order valence-corrected chi connectivity index (χ3v) is 13.4. The number of pyridine rings is 2. The molecule has 63 heavy (non-hydrogen) atoms. The average molecular weight is 823 g/mol. The number of rotatable bonds is 6. The topological polar surface area (TPSA) is 61.4 Å². The Kier molecular flexibility index (Phi) is 7.98. The molecule has 0 amide bonds. The van der Waals surface area contributed by atoms with Gasteiger partial charge in [0.25, 0.3) is 0 Å². The first-order chi connectivity index (χ1) is 31.2. The summed E-state index contributed by atoms with van der Waals surface area (Å²) >= 11 is 1.81. The van der Waals surface area contributed by atoms with E-state index in [1.54, 1.807) is 0 Å². The van der Waals surface area contributed by atoms with Crippen LogP contribution in [0.4, 0.5) is 0 Å². The monoisotopic (exact) mass is 822 g/mol. The number of hydrogen-bond acceptors (Lipinski definition) is 5. The first-order valence-electron chi connectivity index (χ1n) is 21.0. The van der Waals surface area contributed by atoms with E-state index in [-0.39, 0.29) is 0 Å². The SMILES string of the molecule is c1ccc(-c2cc(-n3c4ccccc4c4cc(-c5cccc(-c6ccc7c8ccccc8n(-c8ccc9sc%10ccncc%10c9c8)c7c6)n5)ccc43)nc(-c3ccccc3)n2)cc1. The average Bonchev–Trinajstić information content (AvgIpc) is 4.01. The summed E-state index contributed by atoms with van der Waals surface area (Å²) in [6.45, 7) is 0. The summed E-state index contributed by atoms with van der Waals surface area (Å²) in [5.41, 5.74) is 12.4. The molecule has 6 nitrogen and oxygen atoms in total. The molecule has 294 valence electrons. The van der Waals surface area contributed by atoms with Gasteiger partial charge < -0.3 is 4.57 Å². The molecule has 7 heteroatoms. The molecule has 0 aliphatic carbocycles. The predicted octanol–water partition coefficient (Wildman–Crippen LogP) is 14.5. The molecule has 0 radical (unpaired) electrons. The van der Waals surface area contributed by atoms with Crippen LogP contribution in [-0.2, 0) is 0 Å². The molecule has 6 aromatic heterocycles. The molecule has 0 unspecified atom stereocenters. The van der Waals surface area contributed by atoms with Gasteiger partial charge in [-0.2, -0.15) is 0 Å². The number of para-hydroxylation sites is 2. The van der Waals surface area contributed by atoms with Crippen LogP contribution in [0.1, 0.15) is 0 Å². The van der Waals surface area contributed by atoms with Crippen LogP contribution in [-0.4, -0.2) is 29.1 Å². The maximum Gasteiger partial charge on any atom is 0.162 e. The highest BCUT2D eigenvalue weighted by Crippen LogP contribution is 2.40. The first kappa shape index (κ1) is 35.5. The highest BCUT2D eigenvalue weighted by atomic mass is 32.1. The van der Waals surface area contributed by atoms with Gasteiger partial charge in [0.2, 0.25) is 0 Å². The van der Waals surface area contributed by atoms with E-state index >= 15 is 0 Å². The van der Waals surface area contributed by atoms with Crippen LogP contribution in [0, 0.1) is 0 Å². The van der Waals surface area contributed by atoms with Gasteiger partial charge >= 0.3 is 0 Å². The Balaban J connectivity index is 0.937. The molecule has 0 N–H and O–H groups in total. The van der Waals surface area contributed by atoms with Crippen molar-refractivity contribution >= 4 is 75.1 Å². The van der Waals surface area contributed by atoms with Gasteiger partial charge in [0.15, 0.2) is 5.82 Å². The molecule has 0 saturated heterocycles. The summed E-state index contributed by atoms with van der Waals surface area (Å²) in [4.78, 5) is 20.1. The van der Waals surface area contributed by atoms with Crippen LogP contribution in [0.15, 0.2) is 207 Å². The summed E-state index contributed by atoms with van der Waals surface area (Å²) in [5, 5.41) is 7.12. The first-order valence-corrected chi connectivity index (χ1v) is 21.8. The Morgan fingerprint density at radius 1 is 0.349 bits per heavy atom. The van der Waals surface area contributed by atoms with Gasteiger partial charge in [-0.3, -0.25) is 9.55 Å². The predicted molar refractivity (Wildman–Crippen MR) is 261 cm³/mol. The highest BCUT2D eigenvalue weighted by Gasteiger charge is 2.19. The minimum Gasteiger partial charge on any atom is -0.309 e. The van der Waals surface area contributed by atoms with Crippen LogP contribution < -0.4 is 0 Å². The minimum atomic E-state index is 0.684. The minimum absolute atomic E-state index is 0.684. The zero-order valence-electron chi connectivity index (χ0n) is 33.7. The number of thiophene rings is 1. The van der Waals surface area contributed by atoms with E-state index in [0.29, 0.717) is 5.82 Å². The van der Waals surface area contributed by atoms with Crippen molar-refractivity contribution in [1.29, 1.82) is 0 Å². The quantitative estimate of drug-likeness (QED) is 0.168. The molecule has 0 fully saturated rings. The van der Waals surface area contributed by atoms with Crippen molar-refractivity contribution < 1.29 is 0 Å².